The number of rotatable bonds is 7. The van der Waals surface area contributed by atoms with Crippen LogP contribution in [-0.4, -0.2) is 32.0 Å². The Labute approximate surface area is 195 Å². The molecule has 0 radical (unpaired) electrons. The highest BCUT2D eigenvalue weighted by Crippen LogP contribution is 2.38. The van der Waals surface area contributed by atoms with E-state index in [0.717, 1.165) is 40.7 Å². The Hall–Kier alpha value is -2.84. The number of aromatic nitrogens is 5. The number of nitrogens with zero attached hydrogens (tertiary/aromatic N) is 5. The number of hydrogen-bond acceptors (Lipinski definition) is 7. The molecule has 2 heterocycles. The second kappa shape index (κ2) is 9.34. The summed E-state index contributed by atoms with van der Waals surface area (Å²) in [6, 6.07) is 15.7. The van der Waals surface area contributed by atoms with Gasteiger partial charge in [-0.3, -0.25) is 4.57 Å². The molecule has 5 rings (SSSR count). The fourth-order valence-electron chi connectivity index (χ4n) is 4.01. The van der Waals surface area contributed by atoms with Crippen molar-refractivity contribution in [3.8, 4) is 28.5 Å². The summed E-state index contributed by atoms with van der Waals surface area (Å²) >= 11 is 8.02. The summed E-state index contributed by atoms with van der Waals surface area (Å²) < 4.78 is 13.0. The molecule has 9 heteroatoms. The second-order valence-electron chi connectivity index (χ2n) is 7.63. The summed E-state index contributed by atoms with van der Waals surface area (Å²) in [4.78, 5) is 4.54. The Morgan fingerprint density at radius 3 is 2.78 bits per heavy atom. The van der Waals surface area contributed by atoms with E-state index in [9.17, 15) is 0 Å². The van der Waals surface area contributed by atoms with Crippen LogP contribution < -0.4 is 4.74 Å². The van der Waals surface area contributed by atoms with E-state index in [1.807, 2.05) is 48.5 Å². The molecular weight excluding hydrogens is 446 g/mol. The Balaban J connectivity index is 1.39. The zero-order valence-corrected chi connectivity index (χ0v) is 19.1. The van der Waals surface area contributed by atoms with Crippen LogP contribution in [0.1, 0.15) is 37.6 Å². The van der Waals surface area contributed by atoms with Crippen molar-refractivity contribution < 1.29 is 9.26 Å². The molecule has 0 N–H and O–H groups in total. The Bertz CT molecular complexity index is 1220. The van der Waals surface area contributed by atoms with Crippen molar-refractivity contribution in [2.24, 2.45) is 0 Å². The molecule has 32 heavy (non-hydrogen) atoms. The maximum absolute atomic E-state index is 6.47. The standard InChI is InChI=1S/C23H22ClN5O2S/c1-30-17-10-6-7-15(13-17)21-25-20(31-28-21)14-32-23-27-26-22(18-11-4-5-12-19(18)24)29(23)16-8-2-3-9-16/h4-7,10-13,16H,2-3,8-9,14H2,1H3. The highest BCUT2D eigenvalue weighted by atomic mass is 35.5. The predicted molar refractivity (Wildman–Crippen MR) is 124 cm³/mol. The van der Waals surface area contributed by atoms with Gasteiger partial charge in [-0.25, -0.2) is 0 Å². The maximum atomic E-state index is 6.47. The fraction of sp³-hybridized carbons (Fsp3) is 0.304. The third kappa shape index (κ3) is 4.25. The van der Waals surface area contributed by atoms with Crippen molar-refractivity contribution in [3.05, 3.63) is 59.4 Å². The maximum Gasteiger partial charge on any atom is 0.237 e. The monoisotopic (exact) mass is 467 g/mol. The molecule has 164 valence electrons. The van der Waals surface area contributed by atoms with Gasteiger partial charge >= 0.3 is 0 Å². The van der Waals surface area contributed by atoms with Gasteiger partial charge in [-0.1, -0.05) is 65.6 Å². The second-order valence-corrected chi connectivity index (χ2v) is 8.98. The lowest BCUT2D eigenvalue weighted by Gasteiger charge is -2.17. The average molecular weight is 468 g/mol. The summed E-state index contributed by atoms with van der Waals surface area (Å²) in [5.74, 6) is 3.14. The topological polar surface area (TPSA) is 78.9 Å². The van der Waals surface area contributed by atoms with E-state index >= 15 is 0 Å². The molecule has 0 amide bonds. The van der Waals surface area contributed by atoms with E-state index in [2.05, 4.69) is 24.9 Å². The van der Waals surface area contributed by atoms with Crippen molar-refractivity contribution in [1.29, 1.82) is 0 Å². The normalized spacial score (nSPS) is 14.2. The predicted octanol–water partition coefficient (Wildman–Crippen LogP) is 6.06. The number of ether oxygens (including phenoxy) is 1. The molecule has 1 saturated carbocycles. The van der Waals surface area contributed by atoms with Gasteiger partial charge in [0.05, 0.1) is 17.9 Å². The van der Waals surface area contributed by atoms with E-state index in [0.29, 0.717) is 28.5 Å². The number of benzene rings is 2. The van der Waals surface area contributed by atoms with Gasteiger partial charge in [-0.2, -0.15) is 4.98 Å². The lowest BCUT2D eigenvalue weighted by Crippen LogP contribution is -2.08. The number of halogens is 1. The van der Waals surface area contributed by atoms with E-state index < -0.39 is 0 Å². The van der Waals surface area contributed by atoms with Crippen molar-refractivity contribution in [2.45, 2.75) is 42.6 Å². The Morgan fingerprint density at radius 2 is 1.97 bits per heavy atom. The lowest BCUT2D eigenvalue weighted by molar-refractivity contribution is 0.391. The summed E-state index contributed by atoms with van der Waals surface area (Å²) in [5.41, 5.74) is 1.75. The summed E-state index contributed by atoms with van der Waals surface area (Å²) in [5, 5.41) is 14.6. The van der Waals surface area contributed by atoms with E-state index in [-0.39, 0.29) is 0 Å². The van der Waals surface area contributed by atoms with E-state index in [4.69, 9.17) is 20.9 Å². The van der Waals surface area contributed by atoms with Crippen LogP contribution in [0.5, 0.6) is 5.75 Å². The summed E-state index contributed by atoms with van der Waals surface area (Å²) in [7, 11) is 1.63. The van der Waals surface area contributed by atoms with Crippen LogP contribution in [0.4, 0.5) is 0 Å². The molecule has 4 aromatic rings. The van der Waals surface area contributed by atoms with Crippen molar-refractivity contribution in [2.75, 3.05) is 7.11 Å². The van der Waals surface area contributed by atoms with Gasteiger partial charge in [-0.15, -0.1) is 10.2 Å². The van der Waals surface area contributed by atoms with Crippen LogP contribution in [-0.2, 0) is 5.75 Å². The minimum absolute atomic E-state index is 0.369. The minimum Gasteiger partial charge on any atom is -0.497 e. The molecule has 0 bridgehead atoms. The summed E-state index contributed by atoms with van der Waals surface area (Å²) in [6.07, 6.45) is 4.65. The van der Waals surface area contributed by atoms with Gasteiger partial charge in [0.1, 0.15) is 5.75 Å². The molecule has 2 aromatic heterocycles. The molecule has 7 nitrogen and oxygen atoms in total. The molecule has 1 fully saturated rings. The largest absolute Gasteiger partial charge is 0.497 e. The Morgan fingerprint density at radius 1 is 1.12 bits per heavy atom. The SMILES string of the molecule is COc1cccc(-c2noc(CSc3nnc(-c4ccccc4Cl)n3C3CCCC3)n2)c1. The molecule has 0 atom stereocenters. The van der Waals surface area contributed by atoms with Crippen LogP contribution in [0, 0.1) is 0 Å². The van der Waals surface area contributed by atoms with E-state index in [1.165, 1.54) is 12.8 Å². The van der Waals surface area contributed by atoms with Gasteiger partial charge in [0, 0.05) is 17.2 Å². The molecule has 0 unspecified atom stereocenters. The molecule has 0 saturated heterocycles. The van der Waals surface area contributed by atoms with E-state index in [1.54, 1.807) is 18.9 Å². The summed E-state index contributed by atoms with van der Waals surface area (Å²) in [6.45, 7) is 0. The van der Waals surface area contributed by atoms with Crippen LogP contribution >= 0.6 is 23.4 Å². The van der Waals surface area contributed by atoms with Crippen LogP contribution in [0.15, 0.2) is 58.2 Å². The van der Waals surface area contributed by atoms with Crippen LogP contribution in [0.2, 0.25) is 5.02 Å². The first kappa shape index (κ1) is 21.0. The molecule has 0 spiro atoms. The quantitative estimate of drug-likeness (QED) is 0.305. The first-order chi connectivity index (χ1) is 15.7. The average Bonchev–Trinajstić information content (AvgIpc) is 3.58. The zero-order chi connectivity index (χ0) is 21.9. The third-order valence-electron chi connectivity index (χ3n) is 5.59. The van der Waals surface area contributed by atoms with Gasteiger partial charge in [-0.05, 0) is 37.1 Å². The third-order valence-corrected chi connectivity index (χ3v) is 6.85. The fourth-order valence-corrected chi connectivity index (χ4v) is 5.08. The van der Waals surface area contributed by atoms with Gasteiger partial charge in [0.15, 0.2) is 11.0 Å². The zero-order valence-electron chi connectivity index (χ0n) is 17.6. The minimum atomic E-state index is 0.369. The van der Waals surface area contributed by atoms with Crippen molar-refractivity contribution in [3.63, 3.8) is 0 Å². The van der Waals surface area contributed by atoms with Crippen LogP contribution in [0.25, 0.3) is 22.8 Å². The van der Waals surface area contributed by atoms with Gasteiger partial charge in [0.2, 0.25) is 11.7 Å². The van der Waals surface area contributed by atoms with Crippen molar-refractivity contribution in [1.82, 2.24) is 24.9 Å². The molecular formula is C23H22ClN5O2S. The highest BCUT2D eigenvalue weighted by molar-refractivity contribution is 7.98. The van der Waals surface area contributed by atoms with Gasteiger partial charge < -0.3 is 9.26 Å². The number of methoxy groups -OCH3 is 1. The number of hydrogen-bond donors (Lipinski definition) is 0. The van der Waals surface area contributed by atoms with Crippen molar-refractivity contribution >= 4 is 23.4 Å². The number of thioether (sulfide) groups is 1. The van der Waals surface area contributed by atoms with Crippen LogP contribution in [0.3, 0.4) is 0 Å². The highest BCUT2D eigenvalue weighted by Gasteiger charge is 2.26. The molecule has 1 aliphatic rings. The molecule has 2 aromatic carbocycles. The Kier molecular flexibility index (Phi) is 6.14. The smallest absolute Gasteiger partial charge is 0.237 e. The van der Waals surface area contributed by atoms with Gasteiger partial charge in [0.25, 0.3) is 0 Å². The first-order valence-electron chi connectivity index (χ1n) is 10.5. The molecule has 0 aliphatic heterocycles. The lowest BCUT2D eigenvalue weighted by atomic mass is 10.2. The first-order valence-corrected chi connectivity index (χ1v) is 11.9. The molecule has 1 aliphatic carbocycles.